The van der Waals surface area contributed by atoms with Crippen LogP contribution in [0.2, 0.25) is 0 Å². The van der Waals surface area contributed by atoms with Crippen LogP contribution in [0, 0.1) is 13.8 Å². The number of aryl methyl sites for hydroxylation is 2. The molecule has 150 valence electrons. The molecule has 2 aromatic heterocycles. The Morgan fingerprint density at radius 3 is 2.31 bits per heavy atom. The molecule has 4 rings (SSSR count). The van der Waals surface area contributed by atoms with Gasteiger partial charge < -0.3 is 14.5 Å². The van der Waals surface area contributed by atoms with Crippen molar-refractivity contribution >= 4 is 11.7 Å². The Labute approximate surface area is 168 Å². The van der Waals surface area contributed by atoms with Crippen molar-refractivity contribution in [3.05, 3.63) is 54.1 Å². The molecule has 1 fully saturated rings. The van der Waals surface area contributed by atoms with E-state index in [1.807, 2.05) is 43.0 Å². The van der Waals surface area contributed by atoms with Crippen LogP contribution in [0.15, 0.2) is 43.0 Å². The lowest BCUT2D eigenvalue weighted by atomic mass is 10.1. The molecule has 0 aliphatic carbocycles. The highest BCUT2D eigenvalue weighted by Gasteiger charge is 2.22. The minimum Gasteiger partial charge on any atom is -0.484 e. The lowest BCUT2D eigenvalue weighted by molar-refractivity contribution is -0.133. The molecule has 1 amide bonds. The number of rotatable bonds is 5. The third-order valence-corrected chi connectivity index (χ3v) is 4.80. The fourth-order valence-corrected chi connectivity index (χ4v) is 3.37. The summed E-state index contributed by atoms with van der Waals surface area (Å²) in [5.74, 6) is 2.13. The van der Waals surface area contributed by atoms with E-state index in [1.54, 1.807) is 11.0 Å². The molecule has 1 aliphatic rings. The van der Waals surface area contributed by atoms with E-state index in [9.17, 15) is 4.79 Å². The molecule has 1 aromatic carbocycles. The third-order valence-electron chi connectivity index (χ3n) is 4.80. The van der Waals surface area contributed by atoms with Gasteiger partial charge in [0.05, 0.1) is 0 Å². The standard InChI is InChI=1S/C20H23N7O2/c1-15-9-16(2)11-17(10-15)29-12-20(28)26-7-5-25(6-8-26)18-3-4-19(24-23-18)27-14-21-13-22-27/h3-4,9-11,13-14H,5-8,12H2,1-2H3. The van der Waals surface area contributed by atoms with Gasteiger partial charge in [0.15, 0.2) is 18.2 Å². The topological polar surface area (TPSA) is 89.3 Å². The Hall–Kier alpha value is -3.49. The Bertz CT molecular complexity index is 945. The van der Waals surface area contributed by atoms with Crippen molar-refractivity contribution in [1.82, 2.24) is 29.9 Å². The van der Waals surface area contributed by atoms with E-state index < -0.39 is 0 Å². The van der Waals surface area contributed by atoms with Crippen molar-refractivity contribution in [2.24, 2.45) is 0 Å². The summed E-state index contributed by atoms with van der Waals surface area (Å²) in [6.45, 7) is 6.74. The van der Waals surface area contributed by atoms with Crippen LogP contribution in [0.25, 0.3) is 5.82 Å². The van der Waals surface area contributed by atoms with Crippen LogP contribution in [-0.2, 0) is 4.79 Å². The third kappa shape index (κ3) is 4.50. The van der Waals surface area contributed by atoms with Crippen molar-refractivity contribution in [2.45, 2.75) is 13.8 Å². The van der Waals surface area contributed by atoms with Gasteiger partial charge in [-0.15, -0.1) is 10.2 Å². The fourth-order valence-electron chi connectivity index (χ4n) is 3.37. The average Bonchev–Trinajstić information content (AvgIpc) is 3.26. The Morgan fingerprint density at radius 2 is 1.69 bits per heavy atom. The van der Waals surface area contributed by atoms with Crippen LogP contribution >= 0.6 is 0 Å². The van der Waals surface area contributed by atoms with Crippen molar-refractivity contribution in [2.75, 3.05) is 37.7 Å². The molecular weight excluding hydrogens is 370 g/mol. The highest BCUT2D eigenvalue weighted by Crippen LogP contribution is 2.17. The molecule has 0 spiro atoms. The lowest BCUT2D eigenvalue weighted by Crippen LogP contribution is -2.50. The zero-order chi connectivity index (χ0) is 20.2. The molecular formula is C20H23N7O2. The van der Waals surface area contributed by atoms with Gasteiger partial charge in [-0.1, -0.05) is 6.07 Å². The first kappa shape index (κ1) is 18.9. The molecule has 1 aliphatic heterocycles. The van der Waals surface area contributed by atoms with Crippen molar-refractivity contribution < 1.29 is 9.53 Å². The summed E-state index contributed by atoms with van der Waals surface area (Å²) in [5, 5.41) is 12.5. The number of anilines is 1. The first-order valence-corrected chi connectivity index (χ1v) is 9.51. The SMILES string of the molecule is Cc1cc(C)cc(OCC(=O)N2CCN(c3ccc(-n4cncn4)nn3)CC2)c1. The summed E-state index contributed by atoms with van der Waals surface area (Å²) in [7, 11) is 0. The average molecular weight is 393 g/mol. The largest absolute Gasteiger partial charge is 0.484 e. The zero-order valence-corrected chi connectivity index (χ0v) is 16.5. The summed E-state index contributed by atoms with van der Waals surface area (Å²) in [6, 6.07) is 9.73. The van der Waals surface area contributed by atoms with Gasteiger partial charge in [0.25, 0.3) is 5.91 Å². The van der Waals surface area contributed by atoms with E-state index in [0.717, 1.165) is 22.7 Å². The summed E-state index contributed by atoms with van der Waals surface area (Å²) < 4.78 is 7.26. The molecule has 0 unspecified atom stereocenters. The van der Waals surface area contributed by atoms with E-state index in [4.69, 9.17) is 4.74 Å². The van der Waals surface area contributed by atoms with Gasteiger partial charge in [0.1, 0.15) is 18.4 Å². The summed E-state index contributed by atoms with van der Waals surface area (Å²) >= 11 is 0. The molecule has 29 heavy (non-hydrogen) atoms. The van der Waals surface area contributed by atoms with Crippen LogP contribution in [0.1, 0.15) is 11.1 Å². The highest BCUT2D eigenvalue weighted by atomic mass is 16.5. The Kier molecular flexibility index (Phi) is 5.37. The van der Waals surface area contributed by atoms with Crippen molar-refractivity contribution in [1.29, 1.82) is 0 Å². The van der Waals surface area contributed by atoms with Crippen LogP contribution in [-0.4, -0.2) is 68.6 Å². The van der Waals surface area contributed by atoms with Gasteiger partial charge in [0.2, 0.25) is 0 Å². The number of nitrogens with zero attached hydrogens (tertiary/aromatic N) is 7. The van der Waals surface area contributed by atoms with Crippen LogP contribution in [0.5, 0.6) is 5.75 Å². The molecule has 0 atom stereocenters. The molecule has 3 heterocycles. The molecule has 0 saturated carbocycles. The van der Waals surface area contributed by atoms with Crippen molar-refractivity contribution in [3.8, 4) is 11.6 Å². The van der Waals surface area contributed by atoms with Gasteiger partial charge in [-0.25, -0.2) is 9.67 Å². The van der Waals surface area contributed by atoms with E-state index in [1.165, 1.54) is 6.33 Å². The molecule has 0 bridgehead atoms. The molecule has 1 saturated heterocycles. The number of amides is 1. The highest BCUT2D eigenvalue weighted by molar-refractivity contribution is 5.78. The van der Waals surface area contributed by atoms with Crippen LogP contribution in [0.4, 0.5) is 5.82 Å². The number of carbonyl (C=O) groups is 1. The number of hydrogen-bond acceptors (Lipinski definition) is 7. The van der Waals surface area contributed by atoms with E-state index >= 15 is 0 Å². The molecule has 3 aromatic rings. The second-order valence-corrected chi connectivity index (χ2v) is 7.07. The number of carbonyl (C=O) groups excluding carboxylic acids is 1. The van der Waals surface area contributed by atoms with Crippen LogP contribution in [0.3, 0.4) is 0 Å². The monoisotopic (exact) mass is 393 g/mol. The minimum absolute atomic E-state index is 0.00331. The van der Waals surface area contributed by atoms with Crippen molar-refractivity contribution in [3.63, 3.8) is 0 Å². The number of hydrogen-bond donors (Lipinski definition) is 0. The fraction of sp³-hybridized carbons (Fsp3) is 0.350. The lowest BCUT2D eigenvalue weighted by Gasteiger charge is -2.35. The molecule has 9 nitrogen and oxygen atoms in total. The maximum absolute atomic E-state index is 12.5. The van der Waals surface area contributed by atoms with Gasteiger partial charge in [0, 0.05) is 26.2 Å². The van der Waals surface area contributed by atoms with Gasteiger partial charge >= 0.3 is 0 Å². The maximum atomic E-state index is 12.5. The second-order valence-electron chi connectivity index (χ2n) is 7.07. The van der Waals surface area contributed by atoms with E-state index in [2.05, 4.69) is 31.2 Å². The first-order chi connectivity index (χ1) is 14.1. The van der Waals surface area contributed by atoms with E-state index in [0.29, 0.717) is 32.0 Å². The minimum atomic E-state index is -0.00331. The van der Waals surface area contributed by atoms with Gasteiger partial charge in [-0.05, 0) is 49.2 Å². The summed E-state index contributed by atoms with van der Waals surface area (Å²) in [5.41, 5.74) is 2.24. The Balaban J connectivity index is 1.29. The number of aromatic nitrogens is 5. The molecule has 0 radical (unpaired) electrons. The summed E-state index contributed by atoms with van der Waals surface area (Å²) in [6.07, 6.45) is 3.03. The van der Waals surface area contributed by atoms with Gasteiger partial charge in [-0.2, -0.15) is 5.10 Å². The number of piperazine rings is 1. The number of ether oxygens (including phenoxy) is 1. The quantitative estimate of drug-likeness (QED) is 0.647. The second kappa shape index (κ2) is 8.26. The normalized spacial score (nSPS) is 14.1. The van der Waals surface area contributed by atoms with E-state index in [-0.39, 0.29) is 12.5 Å². The smallest absolute Gasteiger partial charge is 0.260 e. The maximum Gasteiger partial charge on any atom is 0.260 e. The predicted octanol–water partition coefficient (Wildman–Crippen LogP) is 1.40. The van der Waals surface area contributed by atoms with Crippen LogP contribution < -0.4 is 9.64 Å². The first-order valence-electron chi connectivity index (χ1n) is 9.51. The Morgan fingerprint density at radius 1 is 1.00 bits per heavy atom. The predicted molar refractivity (Wildman–Crippen MR) is 107 cm³/mol. The zero-order valence-electron chi connectivity index (χ0n) is 16.5. The molecule has 0 N–H and O–H groups in total. The number of benzene rings is 1. The van der Waals surface area contributed by atoms with Gasteiger partial charge in [-0.3, -0.25) is 4.79 Å². The molecule has 9 heteroatoms. The summed E-state index contributed by atoms with van der Waals surface area (Å²) in [4.78, 5) is 20.4.